The van der Waals surface area contributed by atoms with Crippen LogP contribution in [0.25, 0.3) is 0 Å². The summed E-state index contributed by atoms with van der Waals surface area (Å²) in [5, 5.41) is 6.15. The predicted molar refractivity (Wildman–Crippen MR) is 114 cm³/mol. The van der Waals surface area contributed by atoms with Crippen molar-refractivity contribution in [3.8, 4) is 0 Å². The van der Waals surface area contributed by atoms with E-state index in [1.165, 1.54) is 12.8 Å². The van der Waals surface area contributed by atoms with Gasteiger partial charge in [0.1, 0.15) is 17.3 Å². The molecule has 3 aromatic rings. The fourth-order valence-corrected chi connectivity index (χ4v) is 3.54. The number of carbonyl (C=O) groups excluding carboxylic acids is 1. The summed E-state index contributed by atoms with van der Waals surface area (Å²) < 4.78 is 5.43. The number of anilines is 4. The highest BCUT2D eigenvalue weighted by molar-refractivity contribution is 6.05. The third-order valence-corrected chi connectivity index (χ3v) is 4.96. The molecule has 0 unspecified atom stereocenters. The first-order valence-electron chi connectivity index (χ1n) is 9.84. The highest BCUT2D eigenvalue weighted by Gasteiger charge is 2.16. The van der Waals surface area contributed by atoms with Crippen LogP contribution < -0.4 is 15.5 Å². The van der Waals surface area contributed by atoms with Gasteiger partial charge < -0.3 is 20.0 Å². The minimum atomic E-state index is -0.183. The van der Waals surface area contributed by atoms with Gasteiger partial charge >= 0.3 is 0 Å². The van der Waals surface area contributed by atoms with Crippen LogP contribution in [0.4, 0.5) is 23.1 Å². The Kier molecular flexibility index (Phi) is 5.20. The summed E-state index contributed by atoms with van der Waals surface area (Å²) in [4.78, 5) is 23.9. The van der Waals surface area contributed by atoms with E-state index in [2.05, 4.69) is 25.5 Å². The quantitative estimate of drug-likeness (QED) is 0.662. The summed E-state index contributed by atoms with van der Waals surface area (Å²) in [5.41, 5.74) is 3.05. The molecule has 0 spiro atoms. The van der Waals surface area contributed by atoms with E-state index in [1.807, 2.05) is 44.2 Å². The molecule has 1 fully saturated rings. The fraction of sp³-hybridized carbons (Fsp3) is 0.318. The molecule has 1 aromatic carbocycles. The van der Waals surface area contributed by atoms with E-state index in [0.29, 0.717) is 23.0 Å². The van der Waals surface area contributed by atoms with E-state index < -0.39 is 0 Å². The van der Waals surface area contributed by atoms with Crippen LogP contribution in [0.3, 0.4) is 0 Å². The Balaban J connectivity index is 1.44. The molecule has 7 heteroatoms. The summed E-state index contributed by atoms with van der Waals surface area (Å²) >= 11 is 0. The molecular formula is C22H25N5O2. The summed E-state index contributed by atoms with van der Waals surface area (Å²) in [6.07, 6.45) is 2.41. The zero-order chi connectivity index (χ0) is 20.4. The largest absolute Gasteiger partial charge is 0.466 e. The number of benzene rings is 1. The van der Waals surface area contributed by atoms with Gasteiger partial charge in [0, 0.05) is 36.2 Å². The number of carbonyl (C=O) groups is 1. The van der Waals surface area contributed by atoms with Crippen molar-refractivity contribution in [1.82, 2.24) is 9.97 Å². The molecule has 0 atom stereocenters. The number of hydrogen-bond acceptors (Lipinski definition) is 6. The van der Waals surface area contributed by atoms with E-state index in [-0.39, 0.29) is 5.91 Å². The highest BCUT2D eigenvalue weighted by atomic mass is 16.3. The summed E-state index contributed by atoms with van der Waals surface area (Å²) in [6, 6.07) is 11.2. The van der Waals surface area contributed by atoms with Gasteiger partial charge in [-0.05, 0) is 63.9 Å². The maximum absolute atomic E-state index is 12.4. The third-order valence-electron chi connectivity index (χ3n) is 4.96. The number of furan rings is 1. The Morgan fingerprint density at radius 3 is 2.34 bits per heavy atom. The van der Waals surface area contributed by atoms with Gasteiger partial charge in [-0.15, -0.1) is 0 Å². The lowest BCUT2D eigenvalue weighted by Gasteiger charge is -2.17. The second-order valence-corrected chi connectivity index (χ2v) is 7.37. The first-order valence-corrected chi connectivity index (χ1v) is 9.84. The maximum atomic E-state index is 12.4. The Morgan fingerprint density at radius 2 is 1.69 bits per heavy atom. The van der Waals surface area contributed by atoms with Gasteiger partial charge in [-0.1, -0.05) is 0 Å². The molecule has 2 N–H and O–H groups in total. The van der Waals surface area contributed by atoms with Gasteiger partial charge in [-0.25, -0.2) is 4.98 Å². The summed E-state index contributed by atoms with van der Waals surface area (Å²) in [6.45, 7) is 7.67. The van der Waals surface area contributed by atoms with Gasteiger partial charge in [0.15, 0.2) is 0 Å². The normalized spacial score (nSPS) is 13.6. The van der Waals surface area contributed by atoms with Crippen LogP contribution in [0, 0.1) is 20.8 Å². The van der Waals surface area contributed by atoms with Gasteiger partial charge in [-0.3, -0.25) is 4.79 Å². The Labute approximate surface area is 170 Å². The van der Waals surface area contributed by atoms with E-state index in [1.54, 1.807) is 13.0 Å². The number of nitrogens with zero attached hydrogens (tertiary/aromatic N) is 3. The van der Waals surface area contributed by atoms with Gasteiger partial charge in [-0.2, -0.15) is 4.98 Å². The molecular weight excluding hydrogens is 366 g/mol. The van der Waals surface area contributed by atoms with Gasteiger partial charge in [0.25, 0.3) is 5.91 Å². The molecule has 2 aromatic heterocycles. The zero-order valence-electron chi connectivity index (χ0n) is 17.0. The zero-order valence-corrected chi connectivity index (χ0v) is 17.0. The second kappa shape index (κ2) is 7.95. The van der Waals surface area contributed by atoms with Crippen molar-refractivity contribution in [2.45, 2.75) is 33.6 Å². The lowest BCUT2D eigenvalue weighted by molar-refractivity contribution is 0.102. The van der Waals surface area contributed by atoms with Gasteiger partial charge in [0.2, 0.25) is 5.95 Å². The number of rotatable bonds is 5. The second-order valence-electron chi connectivity index (χ2n) is 7.37. The average Bonchev–Trinajstić information content (AvgIpc) is 3.32. The molecule has 1 amide bonds. The van der Waals surface area contributed by atoms with Crippen LogP contribution in [0.5, 0.6) is 0 Å². The summed E-state index contributed by atoms with van der Waals surface area (Å²) in [5.74, 6) is 2.69. The molecule has 29 heavy (non-hydrogen) atoms. The lowest BCUT2D eigenvalue weighted by Crippen LogP contribution is -2.19. The topological polar surface area (TPSA) is 83.3 Å². The van der Waals surface area contributed by atoms with Crippen LogP contribution >= 0.6 is 0 Å². The average molecular weight is 391 g/mol. The minimum absolute atomic E-state index is 0.183. The van der Waals surface area contributed by atoms with E-state index >= 15 is 0 Å². The smallest absolute Gasteiger partial charge is 0.259 e. The van der Waals surface area contributed by atoms with E-state index in [4.69, 9.17) is 4.42 Å². The van der Waals surface area contributed by atoms with Crippen molar-refractivity contribution in [2.75, 3.05) is 28.6 Å². The number of nitrogens with one attached hydrogen (secondary N) is 2. The van der Waals surface area contributed by atoms with E-state index in [0.717, 1.165) is 36.0 Å². The first kappa shape index (κ1) is 19.0. The number of amides is 1. The van der Waals surface area contributed by atoms with Crippen molar-refractivity contribution >= 4 is 29.0 Å². The van der Waals surface area contributed by atoms with Gasteiger partial charge in [0.05, 0.1) is 5.56 Å². The third kappa shape index (κ3) is 4.39. The standard InChI is InChI=1S/C22H25N5O2/c1-14-12-20(27-10-4-5-11-27)26-22(23-14)25-18-8-6-17(7-9-18)24-21(28)19-13-15(2)29-16(19)3/h6-9,12-13H,4-5,10-11H2,1-3H3,(H,24,28)(H,23,25,26). The molecule has 1 aliphatic rings. The van der Waals surface area contributed by atoms with Crippen molar-refractivity contribution in [3.05, 3.63) is 59.2 Å². The van der Waals surface area contributed by atoms with Crippen molar-refractivity contribution in [1.29, 1.82) is 0 Å². The molecule has 1 saturated heterocycles. The van der Waals surface area contributed by atoms with Crippen molar-refractivity contribution < 1.29 is 9.21 Å². The molecule has 0 aliphatic carbocycles. The molecule has 150 valence electrons. The first-order chi connectivity index (χ1) is 14.0. The van der Waals surface area contributed by atoms with Crippen LogP contribution in [-0.2, 0) is 0 Å². The van der Waals surface area contributed by atoms with Crippen LogP contribution in [-0.4, -0.2) is 29.0 Å². The molecule has 0 saturated carbocycles. The maximum Gasteiger partial charge on any atom is 0.259 e. The minimum Gasteiger partial charge on any atom is -0.466 e. The predicted octanol–water partition coefficient (Wildman–Crippen LogP) is 4.59. The fourth-order valence-electron chi connectivity index (χ4n) is 3.54. The molecule has 0 bridgehead atoms. The lowest BCUT2D eigenvalue weighted by atomic mass is 10.2. The Bertz CT molecular complexity index is 1020. The molecule has 0 radical (unpaired) electrons. The van der Waals surface area contributed by atoms with Crippen molar-refractivity contribution in [2.24, 2.45) is 0 Å². The van der Waals surface area contributed by atoms with E-state index in [9.17, 15) is 4.79 Å². The monoisotopic (exact) mass is 391 g/mol. The van der Waals surface area contributed by atoms with Crippen LogP contribution in [0.15, 0.2) is 40.8 Å². The Hall–Kier alpha value is -3.35. The molecule has 3 heterocycles. The molecule has 1 aliphatic heterocycles. The van der Waals surface area contributed by atoms with Crippen LogP contribution in [0.1, 0.15) is 40.4 Å². The molecule has 7 nitrogen and oxygen atoms in total. The molecule has 4 rings (SSSR count). The number of aryl methyl sites for hydroxylation is 3. The highest BCUT2D eigenvalue weighted by Crippen LogP contribution is 2.23. The van der Waals surface area contributed by atoms with Crippen LogP contribution in [0.2, 0.25) is 0 Å². The number of hydrogen-bond donors (Lipinski definition) is 2. The SMILES string of the molecule is Cc1cc(N2CCCC2)nc(Nc2ccc(NC(=O)c3cc(C)oc3C)cc2)n1. The Morgan fingerprint density at radius 1 is 1.00 bits per heavy atom. The summed E-state index contributed by atoms with van der Waals surface area (Å²) in [7, 11) is 0. The number of aromatic nitrogens is 2. The van der Waals surface area contributed by atoms with Crippen molar-refractivity contribution in [3.63, 3.8) is 0 Å².